The molecule has 0 unspecified atom stereocenters. The van der Waals surface area contributed by atoms with Crippen molar-refractivity contribution in [3.63, 3.8) is 0 Å². The number of ether oxygens (including phenoxy) is 2. The Balaban J connectivity index is 3.76. The Morgan fingerprint density at radius 1 is 1.15 bits per heavy atom. The highest BCUT2D eigenvalue weighted by Gasteiger charge is 2.30. The molecule has 0 spiro atoms. The summed E-state index contributed by atoms with van der Waals surface area (Å²) in [5.41, 5.74) is -0.699. The van der Waals surface area contributed by atoms with E-state index in [9.17, 15) is 13.6 Å². The van der Waals surface area contributed by atoms with Crippen LogP contribution in [0.2, 0.25) is 0 Å². The van der Waals surface area contributed by atoms with E-state index in [0.29, 0.717) is 6.61 Å². The monoisotopic (exact) mass is 295 g/mol. The Bertz CT molecular complexity index is 278. The highest BCUT2D eigenvalue weighted by molar-refractivity contribution is 5.67. The largest absolute Gasteiger partial charge is 0.444 e. The summed E-state index contributed by atoms with van der Waals surface area (Å²) in [5, 5.41) is 2.05. The van der Waals surface area contributed by atoms with Gasteiger partial charge in [-0.2, -0.15) is 0 Å². The van der Waals surface area contributed by atoms with Gasteiger partial charge in [0.05, 0.1) is 6.54 Å². The van der Waals surface area contributed by atoms with Gasteiger partial charge in [0.2, 0.25) is 0 Å². The van der Waals surface area contributed by atoms with Gasteiger partial charge in [-0.25, -0.2) is 13.6 Å². The first-order valence-electron chi connectivity index (χ1n) is 7.09. The lowest BCUT2D eigenvalue weighted by Crippen LogP contribution is -2.42. The fraction of sp³-hybridized carbons (Fsp3) is 0.929. The number of rotatable bonds is 9. The van der Waals surface area contributed by atoms with Crippen LogP contribution in [0.4, 0.5) is 13.6 Å². The molecule has 0 aliphatic rings. The molecule has 0 bridgehead atoms. The van der Waals surface area contributed by atoms with Crippen molar-refractivity contribution in [1.82, 2.24) is 5.32 Å². The van der Waals surface area contributed by atoms with Crippen molar-refractivity contribution in [2.24, 2.45) is 0 Å². The molecule has 0 atom stereocenters. The van der Waals surface area contributed by atoms with Crippen molar-refractivity contribution in [3.05, 3.63) is 0 Å². The molecular formula is C14H27F2NO3. The lowest BCUT2D eigenvalue weighted by molar-refractivity contribution is -0.0756. The standard InChI is InChI=1S/C14H27F2NO3/c1-5-6-7-8-9-19-11-14(15,16)10-17-12(18)20-13(2,3)4/h5-11H2,1-4H3,(H,17,18). The van der Waals surface area contributed by atoms with Gasteiger partial charge in [0.25, 0.3) is 5.92 Å². The molecule has 0 aromatic rings. The van der Waals surface area contributed by atoms with E-state index in [1.54, 1.807) is 20.8 Å². The van der Waals surface area contributed by atoms with Crippen molar-refractivity contribution in [2.75, 3.05) is 19.8 Å². The third-order valence-corrected chi connectivity index (χ3v) is 2.35. The van der Waals surface area contributed by atoms with Crippen molar-refractivity contribution >= 4 is 6.09 Å². The molecule has 0 aliphatic heterocycles. The molecule has 0 rings (SSSR count). The predicted molar refractivity (Wildman–Crippen MR) is 74.1 cm³/mol. The average Bonchev–Trinajstić information content (AvgIpc) is 2.29. The van der Waals surface area contributed by atoms with Crippen LogP contribution in [0.25, 0.3) is 0 Å². The molecule has 120 valence electrons. The second-order valence-electron chi connectivity index (χ2n) is 5.82. The van der Waals surface area contributed by atoms with Gasteiger partial charge in [-0.3, -0.25) is 0 Å². The smallest absolute Gasteiger partial charge is 0.407 e. The van der Waals surface area contributed by atoms with Gasteiger partial charge in [0.15, 0.2) is 0 Å². The minimum atomic E-state index is -3.08. The lowest BCUT2D eigenvalue weighted by atomic mass is 10.2. The first-order valence-corrected chi connectivity index (χ1v) is 7.09. The maximum absolute atomic E-state index is 13.4. The van der Waals surface area contributed by atoms with Crippen LogP contribution in [0, 0.1) is 0 Å². The molecule has 0 saturated heterocycles. The second kappa shape index (κ2) is 9.10. The van der Waals surface area contributed by atoms with E-state index in [1.807, 2.05) is 5.32 Å². The molecule has 1 N–H and O–H groups in total. The summed E-state index contributed by atoms with van der Waals surface area (Å²) in [5.74, 6) is -3.08. The summed E-state index contributed by atoms with van der Waals surface area (Å²) in [7, 11) is 0. The Morgan fingerprint density at radius 2 is 1.80 bits per heavy atom. The molecule has 6 heteroatoms. The highest BCUT2D eigenvalue weighted by atomic mass is 19.3. The van der Waals surface area contributed by atoms with E-state index in [4.69, 9.17) is 9.47 Å². The summed E-state index contributed by atoms with van der Waals surface area (Å²) >= 11 is 0. The van der Waals surface area contributed by atoms with E-state index in [0.717, 1.165) is 25.7 Å². The van der Waals surface area contributed by atoms with Gasteiger partial charge < -0.3 is 14.8 Å². The van der Waals surface area contributed by atoms with Crippen molar-refractivity contribution in [3.8, 4) is 0 Å². The number of carbonyl (C=O) groups is 1. The molecule has 0 aromatic heterocycles. The third kappa shape index (κ3) is 12.1. The molecule has 0 aromatic carbocycles. The molecule has 1 amide bonds. The Hall–Kier alpha value is -0.910. The van der Waals surface area contributed by atoms with Crippen LogP contribution in [0.3, 0.4) is 0 Å². The summed E-state index contributed by atoms with van der Waals surface area (Å²) in [4.78, 5) is 11.2. The predicted octanol–water partition coefficient (Wildman–Crippen LogP) is 3.74. The number of hydrogen-bond acceptors (Lipinski definition) is 3. The zero-order chi connectivity index (χ0) is 15.6. The molecule has 0 aliphatic carbocycles. The SMILES string of the molecule is CCCCCCOCC(F)(F)CNC(=O)OC(C)(C)C. The number of nitrogens with one attached hydrogen (secondary N) is 1. The van der Waals surface area contributed by atoms with E-state index in [-0.39, 0.29) is 0 Å². The first-order chi connectivity index (χ1) is 9.16. The van der Waals surface area contributed by atoms with Crippen molar-refractivity contribution in [1.29, 1.82) is 0 Å². The Morgan fingerprint density at radius 3 is 2.35 bits per heavy atom. The van der Waals surface area contributed by atoms with Crippen LogP contribution in [0.1, 0.15) is 53.4 Å². The number of unbranched alkanes of at least 4 members (excludes halogenated alkanes) is 3. The minimum absolute atomic E-state index is 0.321. The quantitative estimate of drug-likeness (QED) is 0.659. The minimum Gasteiger partial charge on any atom is -0.444 e. The first kappa shape index (κ1) is 19.1. The maximum Gasteiger partial charge on any atom is 0.407 e. The molecule has 4 nitrogen and oxygen atoms in total. The number of alkyl halides is 2. The second-order valence-corrected chi connectivity index (χ2v) is 5.82. The van der Waals surface area contributed by atoms with Crippen LogP contribution < -0.4 is 5.32 Å². The molecule has 0 radical (unpaired) electrons. The van der Waals surface area contributed by atoms with Crippen LogP contribution in [0.5, 0.6) is 0 Å². The van der Waals surface area contributed by atoms with Crippen molar-refractivity contribution < 1.29 is 23.0 Å². The van der Waals surface area contributed by atoms with Crippen LogP contribution in [-0.4, -0.2) is 37.4 Å². The number of halogens is 2. The number of amides is 1. The normalized spacial score (nSPS) is 12.3. The average molecular weight is 295 g/mol. The Labute approximate surface area is 120 Å². The van der Waals surface area contributed by atoms with E-state index in [2.05, 4.69) is 6.92 Å². The van der Waals surface area contributed by atoms with Crippen LogP contribution >= 0.6 is 0 Å². The number of hydrogen-bond donors (Lipinski definition) is 1. The molecule has 0 heterocycles. The van der Waals surface area contributed by atoms with E-state index >= 15 is 0 Å². The van der Waals surface area contributed by atoms with Gasteiger partial charge in [-0.05, 0) is 27.2 Å². The van der Waals surface area contributed by atoms with Gasteiger partial charge in [-0.15, -0.1) is 0 Å². The van der Waals surface area contributed by atoms with Crippen LogP contribution in [0.15, 0.2) is 0 Å². The number of alkyl carbamates (subject to hydrolysis) is 1. The van der Waals surface area contributed by atoms with Gasteiger partial charge in [0, 0.05) is 6.61 Å². The van der Waals surface area contributed by atoms with E-state index in [1.165, 1.54) is 0 Å². The number of carbonyl (C=O) groups excluding carboxylic acids is 1. The molecule has 0 saturated carbocycles. The molecule has 0 fully saturated rings. The fourth-order valence-electron chi connectivity index (χ4n) is 1.42. The molecular weight excluding hydrogens is 268 g/mol. The van der Waals surface area contributed by atoms with Gasteiger partial charge in [0.1, 0.15) is 12.2 Å². The zero-order valence-electron chi connectivity index (χ0n) is 12.9. The maximum atomic E-state index is 13.4. The van der Waals surface area contributed by atoms with Crippen LogP contribution in [-0.2, 0) is 9.47 Å². The summed E-state index contributed by atoms with van der Waals surface area (Å²) < 4.78 is 36.6. The van der Waals surface area contributed by atoms with Crippen molar-refractivity contribution in [2.45, 2.75) is 64.9 Å². The highest BCUT2D eigenvalue weighted by Crippen LogP contribution is 2.14. The summed E-state index contributed by atoms with van der Waals surface area (Å²) in [6, 6.07) is 0. The topological polar surface area (TPSA) is 47.6 Å². The third-order valence-electron chi connectivity index (χ3n) is 2.35. The van der Waals surface area contributed by atoms with Gasteiger partial charge in [-0.1, -0.05) is 26.2 Å². The lowest BCUT2D eigenvalue weighted by Gasteiger charge is -2.21. The fourth-order valence-corrected chi connectivity index (χ4v) is 1.42. The summed E-state index contributed by atoms with van der Waals surface area (Å²) in [6.45, 7) is 5.95. The molecule has 20 heavy (non-hydrogen) atoms. The Kier molecular flexibility index (Phi) is 8.69. The summed E-state index contributed by atoms with van der Waals surface area (Å²) in [6.07, 6.45) is 3.09. The zero-order valence-corrected chi connectivity index (χ0v) is 12.9. The van der Waals surface area contributed by atoms with Gasteiger partial charge >= 0.3 is 6.09 Å². The van der Waals surface area contributed by atoms with E-state index < -0.39 is 30.8 Å².